The van der Waals surface area contributed by atoms with Crippen molar-refractivity contribution in [2.75, 3.05) is 6.61 Å². The van der Waals surface area contributed by atoms with Gasteiger partial charge in [0.2, 0.25) is 0 Å². The van der Waals surface area contributed by atoms with Crippen LogP contribution in [0.25, 0.3) is 0 Å². The van der Waals surface area contributed by atoms with Crippen LogP contribution in [-0.4, -0.2) is 12.6 Å². The van der Waals surface area contributed by atoms with Gasteiger partial charge in [0, 0.05) is 0 Å². The maximum absolute atomic E-state index is 11.6. The lowest BCUT2D eigenvalue weighted by molar-refractivity contribution is 0.0497. The second-order valence-corrected chi connectivity index (χ2v) is 4.27. The highest BCUT2D eigenvalue weighted by molar-refractivity contribution is 5.89. The van der Waals surface area contributed by atoms with E-state index in [0.717, 1.165) is 12.8 Å². The molecule has 0 aliphatic rings. The topological polar surface area (TPSA) is 61.3 Å². The van der Waals surface area contributed by atoms with E-state index in [0.29, 0.717) is 12.2 Å². The summed E-state index contributed by atoms with van der Waals surface area (Å²) in [7, 11) is 0. The Hall–Kier alpha value is -1.35. The van der Waals surface area contributed by atoms with Crippen LogP contribution in [0.15, 0.2) is 30.3 Å². The second-order valence-electron chi connectivity index (χ2n) is 4.27. The van der Waals surface area contributed by atoms with Gasteiger partial charge < -0.3 is 10.9 Å². The van der Waals surface area contributed by atoms with E-state index in [1.54, 1.807) is 12.1 Å². The molecule has 18 heavy (non-hydrogen) atoms. The summed E-state index contributed by atoms with van der Waals surface area (Å²) in [6, 6.07) is 9.15. The molecule has 0 amide bonds. The van der Waals surface area contributed by atoms with Gasteiger partial charge in [-0.2, -0.15) is 0 Å². The molecule has 1 aromatic carbocycles. The predicted octanol–water partition coefficient (Wildman–Crippen LogP) is 4.37. The van der Waals surface area contributed by atoms with Crippen molar-refractivity contribution in [3.05, 3.63) is 35.9 Å². The molecule has 0 atom stereocenters. The SMILES string of the molecule is CCCCCCCCOC(=O)c1ccccc1.N. The zero-order valence-corrected chi connectivity index (χ0v) is 11.4. The highest BCUT2D eigenvalue weighted by Crippen LogP contribution is 2.06. The summed E-state index contributed by atoms with van der Waals surface area (Å²) in [5, 5.41) is 0. The lowest BCUT2D eigenvalue weighted by Gasteiger charge is -2.04. The van der Waals surface area contributed by atoms with Gasteiger partial charge in [-0.15, -0.1) is 0 Å². The molecule has 0 spiro atoms. The van der Waals surface area contributed by atoms with Gasteiger partial charge in [0.1, 0.15) is 0 Å². The van der Waals surface area contributed by atoms with Crippen molar-refractivity contribution in [3.63, 3.8) is 0 Å². The molecule has 0 aliphatic carbocycles. The molecular formula is C15H25NO2. The standard InChI is InChI=1S/C15H22O2.H3N/c1-2-3-4-5-6-10-13-17-15(16)14-11-8-7-9-12-14;/h7-9,11-12H,2-6,10,13H2,1H3;1H3. The lowest BCUT2D eigenvalue weighted by atomic mass is 10.1. The smallest absolute Gasteiger partial charge is 0.338 e. The Morgan fingerprint density at radius 1 is 1.00 bits per heavy atom. The molecule has 0 aliphatic heterocycles. The van der Waals surface area contributed by atoms with Crippen molar-refractivity contribution in [2.24, 2.45) is 0 Å². The molecule has 1 rings (SSSR count). The summed E-state index contributed by atoms with van der Waals surface area (Å²) in [6.07, 6.45) is 7.25. The molecule has 0 saturated heterocycles. The van der Waals surface area contributed by atoms with Crippen LogP contribution in [0.2, 0.25) is 0 Å². The van der Waals surface area contributed by atoms with Gasteiger partial charge in [-0.3, -0.25) is 0 Å². The molecule has 0 saturated carbocycles. The number of benzene rings is 1. The van der Waals surface area contributed by atoms with Crippen molar-refractivity contribution in [3.8, 4) is 0 Å². The molecule has 0 fully saturated rings. The van der Waals surface area contributed by atoms with Crippen molar-refractivity contribution in [1.29, 1.82) is 0 Å². The van der Waals surface area contributed by atoms with Gasteiger partial charge in [-0.25, -0.2) is 4.79 Å². The molecular weight excluding hydrogens is 226 g/mol. The van der Waals surface area contributed by atoms with Crippen LogP contribution < -0.4 is 6.15 Å². The number of unbranched alkanes of at least 4 members (excludes halogenated alkanes) is 5. The van der Waals surface area contributed by atoms with Crippen LogP contribution in [0.3, 0.4) is 0 Å². The Morgan fingerprint density at radius 3 is 2.28 bits per heavy atom. The molecule has 0 bridgehead atoms. The first kappa shape index (κ1) is 16.6. The highest BCUT2D eigenvalue weighted by atomic mass is 16.5. The van der Waals surface area contributed by atoms with E-state index in [9.17, 15) is 4.79 Å². The van der Waals surface area contributed by atoms with E-state index in [1.807, 2.05) is 18.2 Å². The Morgan fingerprint density at radius 2 is 1.61 bits per heavy atom. The quantitative estimate of drug-likeness (QED) is 0.551. The minimum absolute atomic E-state index is 0. The van der Waals surface area contributed by atoms with Gasteiger partial charge in [0.15, 0.2) is 0 Å². The highest BCUT2D eigenvalue weighted by Gasteiger charge is 2.04. The Balaban J connectivity index is 0.00000289. The summed E-state index contributed by atoms with van der Waals surface area (Å²) in [6.45, 7) is 2.75. The molecule has 1 aromatic rings. The van der Waals surface area contributed by atoms with E-state index in [1.165, 1.54) is 25.7 Å². The molecule has 3 N–H and O–H groups in total. The maximum Gasteiger partial charge on any atom is 0.338 e. The number of rotatable bonds is 8. The Labute approximate surface area is 110 Å². The Kier molecular flexibility index (Phi) is 9.97. The fraction of sp³-hybridized carbons (Fsp3) is 0.533. The van der Waals surface area contributed by atoms with Crippen molar-refractivity contribution in [2.45, 2.75) is 45.4 Å². The van der Waals surface area contributed by atoms with Crippen molar-refractivity contribution in [1.82, 2.24) is 6.15 Å². The first-order valence-electron chi connectivity index (χ1n) is 6.56. The van der Waals surface area contributed by atoms with Crippen LogP contribution in [0.4, 0.5) is 0 Å². The van der Waals surface area contributed by atoms with E-state index in [2.05, 4.69) is 6.92 Å². The van der Waals surface area contributed by atoms with Crippen molar-refractivity contribution < 1.29 is 9.53 Å². The van der Waals surface area contributed by atoms with E-state index in [-0.39, 0.29) is 12.1 Å². The lowest BCUT2D eigenvalue weighted by Crippen LogP contribution is -2.06. The number of esters is 1. The molecule has 0 unspecified atom stereocenters. The molecule has 3 heteroatoms. The van der Waals surface area contributed by atoms with Crippen LogP contribution in [0, 0.1) is 0 Å². The van der Waals surface area contributed by atoms with E-state index >= 15 is 0 Å². The molecule has 0 aromatic heterocycles. The Bertz CT molecular complexity index is 312. The van der Waals surface area contributed by atoms with Gasteiger partial charge in [0.05, 0.1) is 12.2 Å². The maximum atomic E-state index is 11.6. The zero-order valence-electron chi connectivity index (χ0n) is 11.4. The molecule has 3 nitrogen and oxygen atoms in total. The number of ether oxygens (including phenoxy) is 1. The average molecular weight is 251 g/mol. The molecule has 102 valence electrons. The average Bonchev–Trinajstić information content (AvgIpc) is 2.38. The van der Waals surface area contributed by atoms with Crippen LogP contribution >= 0.6 is 0 Å². The third kappa shape index (κ3) is 7.07. The minimum Gasteiger partial charge on any atom is -0.462 e. The summed E-state index contributed by atoms with van der Waals surface area (Å²) >= 11 is 0. The normalized spacial score (nSPS) is 9.61. The van der Waals surface area contributed by atoms with E-state index in [4.69, 9.17) is 4.74 Å². The number of hydrogen-bond acceptors (Lipinski definition) is 3. The van der Waals surface area contributed by atoms with Crippen LogP contribution in [0.1, 0.15) is 55.8 Å². The summed E-state index contributed by atoms with van der Waals surface area (Å²) in [5.41, 5.74) is 0.637. The first-order valence-corrected chi connectivity index (χ1v) is 6.56. The number of carbonyl (C=O) groups excluding carboxylic acids is 1. The fourth-order valence-corrected chi connectivity index (χ4v) is 1.70. The van der Waals surface area contributed by atoms with Gasteiger partial charge >= 0.3 is 5.97 Å². The molecule has 0 heterocycles. The third-order valence-electron chi connectivity index (χ3n) is 2.74. The largest absolute Gasteiger partial charge is 0.462 e. The summed E-state index contributed by atoms with van der Waals surface area (Å²) in [5.74, 6) is -0.209. The van der Waals surface area contributed by atoms with Gasteiger partial charge in [-0.1, -0.05) is 57.2 Å². The fourth-order valence-electron chi connectivity index (χ4n) is 1.70. The number of hydrogen-bond donors (Lipinski definition) is 1. The van der Waals surface area contributed by atoms with Crippen LogP contribution in [-0.2, 0) is 4.74 Å². The predicted molar refractivity (Wildman–Crippen MR) is 75.1 cm³/mol. The van der Waals surface area contributed by atoms with Gasteiger partial charge in [0.25, 0.3) is 0 Å². The number of carbonyl (C=O) groups is 1. The van der Waals surface area contributed by atoms with E-state index < -0.39 is 0 Å². The zero-order chi connectivity index (χ0) is 12.3. The van der Waals surface area contributed by atoms with Crippen LogP contribution in [0.5, 0.6) is 0 Å². The summed E-state index contributed by atoms with van der Waals surface area (Å²) < 4.78 is 5.20. The molecule has 0 radical (unpaired) electrons. The first-order chi connectivity index (χ1) is 8.34. The van der Waals surface area contributed by atoms with Gasteiger partial charge in [-0.05, 0) is 18.6 Å². The monoisotopic (exact) mass is 251 g/mol. The third-order valence-corrected chi connectivity index (χ3v) is 2.74. The second kappa shape index (κ2) is 10.8. The van der Waals surface area contributed by atoms with Crippen molar-refractivity contribution >= 4 is 5.97 Å². The minimum atomic E-state index is -0.209. The summed E-state index contributed by atoms with van der Waals surface area (Å²) in [4.78, 5) is 11.6.